The van der Waals surface area contributed by atoms with Crippen LogP contribution in [0, 0.1) is 0 Å². The number of carbonyl (C=O) groups is 2. The van der Waals surface area contributed by atoms with E-state index in [2.05, 4.69) is 22.8 Å². The average molecular weight is 445 g/mol. The number of aryl methyl sites for hydroxylation is 1. The molecule has 0 fully saturated rings. The van der Waals surface area contributed by atoms with E-state index >= 15 is 0 Å². The zero-order valence-electron chi connectivity index (χ0n) is 17.2. The van der Waals surface area contributed by atoms with Gasteiger partial charge in [-0.25, -0.2) is 0 Å². The number of benzene rings is 3. The number of anilines is 1. The predicted molar refractivity (Wildman–Crippen MR) is 125 cm³/mol. The number of amides is 2. The van der Waals surface area contributed by atoms with E-state index in [1.165, 1.54) is 11.1 Å². The summed E-state index contributed by atoms with van der Waals surface area (Å²) in [4.78, 5) is 25.5. The molecule has 160 valence electrons. The van der Waals surface area contributed by atoms with E-state index < -0.39 is 0 Å². The number of ether oxygens (including phenoxy) is 1. The maximum absolute atomic E-state index is 12.9. The highest BCUT2D eigenvalue weighted by molar-refractivity contribution is 6.30. The number of halogens is 1. The van der Waals surface area contributed by atoms with Gasteiger partial charge in [-0.3, -0.25) is 9.59 Å². The summed E-state index contributed by atoms with van der Waals surface area (Å²) >= 11 is 5.91. The van der Waals surface area contributed by atoms with Gasteiger partial charge in [-0.2, -0.15) is 0 Å². The Morgan fingerprint density at radius 3 is 2.75 bits per heavy atom. The van der Waals surface area contributed by atoms with Crippen molar-refractivity contribution >= 4 is 35.2 Å². The molecule has 0 spiro atoms. The lowest BCUT2D eigenvalue weighted by atomic mass is 9.87. The second kappa shape index (κ2) is 8.52. The standard InChI is InChI=1S/C26H21ClN2O3/c27-19-11-8-16(9-12-19)14-24-26(31)29-22-15-18(10-13-23(22)32-24)25(30)28-21-7-3-5-17-4-1-2-6-20(17)21/h1-2,4,6,8-15,21H,3,5,7H2,(H,28,30)(H,29,31)/b24-14-. The van der Waals surface area contributed by atoms with Crippen LogP contribution < -0.4 is 15.4 Å². The Labute approximate surface area is 191 Å². The molecule has 0 saturated carbocycles. The highest BCUT2D eigenvalue weighted by Gasteiger charge is 2.25. The lowest BCUT2D eigenvalue weighted by Gasteiger charge is -2.26. The molecule has 5 nitrogen and oxygen atoms in total. The van der Waals surface area contributed by atoms with Gasteiger partial charge in [0.15, 0.2) is 11.5 Å². The molecule has 6 heteroatoms. The van der Waals surface area contributed by atoms with Crippen molar-refractivity contribution in [2.75, 3.05) is 5.32 Å². The number of rotatable bonds is 3. The van der Waals surface area contributed by atoms with Crippen LogP contribution in [0.15, 0.2) is 72.5 Å². The Balaban J connectivity index is 1.34. The molecule has 32 heavy (non-hydrogen) atoms. The van der Waals surface area contributed by atoms with Gasteiger partial charge in [0.25, 0.3) is 11.8 Å². The van der Waals surface area contributed by atoms with Crippen molar-refractivity contribution < 1.29 is 14.3 Å². The van der Waals surface area contributed by atoms with Crippen LogP contribution in [0.25, 0.3) is 6.08 Å². The van der Waals surface area contributed by atoms with Crippen LogP contribution in [0.2, 0.25) is 5.02 Å². The van der Waals surface area contributed by atoms with Gasteiger partial charge in [0, 0.05) is 10.6 Å². The summed E-state index contributed by atoms with van der Waals surface area (Å²) in [5.74, 6) is 0.123. The number of fused-ring (bicyclic) bond motifs is 2. The summed E-state index contributed by atoms with van der Waals surface area (Å²) in [5, 5.41) is 6.58. The van der Waals surface area contributed by atoms with Crippen molar-refractivity contribution in [2.24, 2.45) is 0 Å². The van der Waals surface area contributed by atoms with E-state index in [0.717, 1.165) is 24.8 Å². The Kier molecular flexibility index (Phi) is 5.41. The molecule has 2 N–H and O–H groups in total. The van der Waals surface area contributed by atoms with Crippen molar-refractivity contribution in [3.05, 3.63) is 99.8 Å². The molecule has 3 aromatic carbocycles. The lowest BCUT2D eigenvalue weighted by molar-refractivity contribution is -0.115. The quantitative estimate of drug-likeness (QED) is 0.523. The number of nitrogens with one attached hydrogen (secondary N) is 2. The van der Waals surface area contributed by atoms with Gasteiger partial charge in [-0.15, -0.1) is 0 Å². The van der Waals surface area contributed by atoms with Gasteiger partial charge < -0.3 is 15.4 Å². The Morgan fingerprint density at radius 2 is 1.91 bits per heavy atom. The van der Waals surface area contributed by atoms with Gasteiger partial charge in [-0.05, 0) is 72.4 Å². The molecule has 1 aliphatic heterocycles. The molecule has 5 rings (SSSR count). The highest BCUT2D eigenvalue weighted by atomic mass is 35.5. The first-order chi connectivity index (χ1) is 15.6. The molecule has 1 unspecified atom stereocenters. The maximum atomic E-state index is 12.9. The predicted octanol–water partition coefficient (Wildman–Crippen LogP) is 5.52. The molecule has 2 aliphatic rings. The summed E-state index contributed by atoms with van der Waals surface area (Å²) in [7, 11) is 0. The van der Waals surface area contributed by atoms with E-state index in [1.807, 2.05) is 12.1 Å². The van der Waals surface area contributed by atoms with Crippen molar-refractivity contribution in [2.45, 2.75) is 25.3 Å². The maximum Gasteiger partial charge on any atom is 0.291 e. The summed E-state index contributed by atoms with van der Waals surface area (Å²) in [6, 6.07) is 20.4. The SMILES string of the molecule is O=C1Nc2cc(C(=O)NC3CCCc4ccccc43)ccc2O/C1=C\c1ccc(Cl)cc1. The van der Waals surface area contributed by atoms with Crippen LogP contribution in [0.3, 0.4) is 0 Å². The first-order valence-electron chi connectivity index (χ1n) is 10.6. The Morgan fingerprint density at radius 1 is 1.09 bits per heavy atom. The summed E-state index contributed by atoms with van der Waals surface area (Å²) < 4.78 is 5.79. The third-order valence-corrected chi connectivity index (χ3v) is 6.03. The molecule has 1 aliphatic carbocycles. The third kappa shape index (κ3) is 4.12. The normalized spacial score (nSPS) is 18.2. The zero-order chi connectivity index (χ0) is 22.1. The van der Waals surface area contributed by atoms with E-state index in [9.17, 15) is 9.59 Å². The van der Waals surface area contributed by atoms with Gasteiger partial charge in [0.05, 0.1) is 11.7 Å². The Bertz CT molecular complexity index is 1230. The van der Waals surface area contributed by atoms with E-state index in [0.29, 0.717) is 22.0 Å². The number of hydrogen-bond donors (Lipinski definition) is 2. The van der Waals surface area contributed by atoms with Crippen molar-refractivity contribution in [1.29, 1.82) is 0 Å². The fourth-order valence-corrected chi connectivity index (χ4v) is 4.28. The van der Waals surface area contributed by atoms with Gasteiger partial charge in [-0.1, -0.05) is 48.0 Å². The zero-order valence-corrected chi connectivity index (χ0v) is 18.0. The fraction of sp³-hybridized carbons (Fsp3) is 0.154. The van der Waals surface area contributed by atoms with Crippen molar-refractivity contribution in [3.63, 3.8) is 0 Å². The topological polar surface area (TPSA) is 67.4 Å². The first kappa shape index (κ1) is 20.3. The lowest BCUT2D eigenvalue weighted by Crippen LogP contribution is -2.31. The molecular formula is C26H21ClN2O3. The van der Waals surface area contributed by atoms with Crippen molar-refractivity contribution in [1.82, 2.24) is 5.32 Å². The molecule has 1 heterocycles. The average Bonchev–Trinajstić information content (AvgIpc) is 2.81. The number of carbonyl (C=O) groups excluding carboxylic acids is 2. The van der Waals surface area contributed by atoms with Crippen LogP contribution in [0.1, 0.15) is 45.9 Å². The van der Waals surface area contributed by atoms with E-state index in [4.69, 9.17) is 16.3 Å². The van der Waals surface area contributed by atoms with Gasteiger partial charge in [0.2, 0.25) is 0 Å². The molecule has 0 bridgehead atoms. The largest absolute Gasteiger partial charge is 0.449 e. The fourth-order valence-electron chi connectivity index (χ4n) is 4.16. The molecular weight excluding hydrogens is 424 g/mol. The molecule has 0 aromatic heterocycles. The van der Waals surface area contributed by atoms with E-state index in [1.54, 1.807) is 48.5 Å². The summed E-state index contributed by atoms with van der Waals surface area (Å²) in [6.07, 6.45) is 4.64. The van der Waals surface area contributed by atoms with Gasteiger partial charge >= 0.3 is 0 Å². The van der Waals surface area contributed by atoms with Crippen LogP contribution in [0.4, 0.5) is 5.69 Å². The third-order valence-electron chi connectivity index (χ3n) is 5.78. The summed E-state index contributed by atoms with van der Waals surface area (Å²) in [5.41, 5.74) is 4.21. The molecule has 3 aromatic rings. The monoisotopic (exact) mass is 444 g/mol. The molecule has 0 saturated heterocycles. The minimum atomic E-state index is -0.369. The van der Waals surface area contributed by atoms with Crippen molar-refractivity contribution in [3.8, 4) is 5.75 Å². The minimum absolute atomic E-state index is 0.0109. The second-order valence-electron chi connectivity index (χ2n) is 7.94. The molecule has 1 atom stereocenters. The molecule has 0 radical (unpaired) electrons. The van der Waals surface area contributed by atoms with Crippen LogP contribution >= 0.6 is 11.6 Å². The Hall–Kier alpha value is -3.57. The van der Waals surface area contributed by atoms with Gasteiger partial charge in [0.1, 0.15) is 0 Å². The van der Waals surface area contributed by atoms with E-state index in [-0.39, 0.29) is 23.6 Å². The first-order valence-corrected chi connectivity index (χ1v) is 10.9. The highest BCUT2D eigenvalue weighted by Crippen LogP contribution is 2.33. The number of hydrogen-bond acceptors (Lipinski definition) is 3. The second-order valence-corrected chi connectivity index (χ2v) is 8.38. The smallest absolute Gasteiger partial charge is 0.291 e. The molecule has 2 amide bonds. The van der Waals surface area contributed by atoms with Crippen LogP contribution in [-0.4, -0.2) is 11.8 Å². The summed E-state index contributed by atoms with van der Waals surface area (Å²) in [6.45, 7) is 0. The minimum Gasteiger partial charge on any atom is -0.449 e. The van der Waals surface area contributed by atoms with Crippen LogP contribution in [0.5, 0.6) is 5.75 Å². The van der Waals surface area contributed by atoms with Crippen LogP contribution in [-0.2, 0) is 11.2 Å².